The van der Waals surface area contributed by atoms with Crippen molar-refractivity contribution in [2.45, 2.75) is 59.6 Å². The third-order valence-corrected chi connectivity index (χ3v) is 3.25. The molecule has 0 amide bonds. The van der Waals surface area contributed by atoms with E-state index in [0.717, 1.165) is 31.2 Å². The standard InChI is InChI=1S/C18H25F3/c1-5-6-7-8-14-9-10-16(18(19,20)21)15(13-14)11-12-17(2,3)4/h9-13H,5-8H2,1-4H3/b12-11+. The molecule has 0 radical (unpaired) electrons. The molecule has 1 aromatic carbocycles. The Morgan fingerprint density at radius 3 is 2.24 bits per heavy atom. The van der Waals surface area contributed by atoms with E-state index >= 15 is 0 Å². The minimum Gasteiger partial charge on any atom is -0.166 e. The highest BCUT2D eigenvalue weighted by Gasteiger charge is 2.32. The second kappa shape index (κ2) is 7.15. The van der Waals surface area contributed by atoms with E-state index < -0.39 is 11.7 Å². The van der Waals surface area contributed by atoms with Crippen molar-refractivity contribution in [1.82, 2.24) is 0 Å². The van der Waals surface area contributed by atoms with Gasteiger partial charge in [-0.1, -0.05) is 64.8 Å². The molecule has 0 spiro atoms. The van der Waals surface area contributed by atoms with Crippen LogP contribution in [-0.4, -0.2) is 0 Å². The van der Waals surface area contributed by atoms with Gasteiger partial charge in [0.15, 0.2) is 0 Å². The topological polar surface area (TPSA) is 0 Å². The summed E-state index contributed by atoms with van der Waals surface area (Å²) in [6.07, 6.45) is 3.19. The van der Waals surface area contributed by atoms with Crippen LogP contribution in [0, 0.1) is 5.41 Å². The van der Waals surface area contributed by atoms with Crippen molar-refractivity contribution in [3.63, 3.8) is 0 Å². The maximum atomic E-state index is 13.1. The molecule has 0 saturated carbocycles. The van der Waals surface area contributed by atoms with E-state index in [2.05, 4.69) is 6.92 Å². The number of unbranched alkanes of at least 4 members (excludes halogenated alkanes) is 2. The van der Waals surface area contributed by atoms with E-state index in [1.165, 1.54) is 6.07 Å². The minimum atomic E-state index is -4.31. The van der Waals surface area contributed by atoms with Crippen molar-refractivity contribution in [2.24, 2.45) is 5.41 Å². The zero-order chi connectivity index (χ0) is 16.1. The Labute approximate surface area is 126 Å². The van der Waals surface area contributed by atoms with E-state index in [4.69, 9.17) is 0 Å². The number of alkyl halides is 3. The lowest BCUT2D eigenvalue weighted by atomic mass is 9.93. The van der Waals surface area contributed by atoms with Gasteiger partial charge in [0.05, 0.1) is 5.56 Å². The van der Waals surface area contributed by atoms with Crippen LogP contribution in [0.5, 0.6) is 0 Å². The largest absolute Gasteiger partial charge is 0.416 e. The first-order chi connectivity index (χ1) is 9.63. The highest BCUT2D eigenvalue weighted by atomic mass is 19.4. The molecule has 0 aliphatic rings. The molecule has 0 heterocycles. The first-order valence-electron chi connectivity index (χ1n) is 7.53. The fourth-order valence-corrected chi connectivity index (χ4v) is 2.08. The fraction of sp³-hybridized carbons (Fsp3) is 0.556. The predicted octanol–water partition coefficient (Wildman–Crippen LogP) is 6.50. The van der Waals surface area contributed by atoms with Crippen molar-refractivity contribution in [3.8, 4) is 0 Å². The molecule has 0 aromatic heterocycles. The van der Waals surface area contributed by atoms with Gasteiger partial charge < -0.3 is 0 Å². The van der Waals surface area contributed by atoms with Gasteiger partial charge in [-0.05, 0) is 35.4 Å². The third kappa shape index (κ3) is 6.36. The lowest BCUT2D eigenvalue weighted by molar-refractivity contribution is -0.137. The van der Waals surface area contributed by atoms with Crippen LogP contribution in [0.3, 0.4) is 0 Å². The summed E-state index contributed by atoms with van der Waals surface area (Å²) in [6.45, 7) is 8.04. The normalized spacial score (nSPS) is 13.1. The Hall–Kier alpha value is -1.25. The maximum Gasteiger partial charge on any atom is 0.416 e. The molecule has 0 aliphatic carbocycles. The summed E-state index contributed by atoms with van der Waals surface area (Å²) in [4.78, 5) is 0. The van der Waals surface area contributed by atoms with Gasteiger partial charge >= 0.3 is 6.18 Å². The van der Waals surface area contributed by atoms with Crippen molar-refractivity contribution >= 4 is 6.08 Å². The number of hydrogen-bond donors (Lipinski definition) is 0. The third-order valence-electron chi connectivity index (χ3n) is 3.25. The van der Waals surface area contributed by atoms with Gasteiger partial charge in [-0.15, -0.1) is 0 Å². The van der Waals surface area contributed by atoms with Crippen LogP contribution in [0.15, 0.2) is 24.3 Å². The number of benzene rings is 1. The summed E-state index contributed by atoms with van der Waals surface area (Å²) in [7, 11) is 0. The average molecular weight is 298 g/mol. The van der Waals surface area contributed by atoms with Crippen LogP contribution in [0.1, 0.15) is 63.6 Å². The second-order valence-electron chi connectivity index (χ2n) is 6.58. The van der Waals surface area contributed by atoms with E-state index in [9.17, 15) is 13.2 Å². The zero-order valence-electron chi connectivity index (χ0n) is 13.3. The van der Waals surface area contributed by atoms with Gasteiger partial charge in [-0.3, -0.25) is 0 Å². The van der Waals surface area contributed by atoms with Crippen LogP contribution in [-0.2, 0) is 12.6 Å². The number of rotatable bonds is 5. The highest BCUT2D eigenvalue weighted by molar-refractivity contribution is 5.56. The number of halogens is 3. The van der Waals surface area contributed by atoms with Gasteiger partial charge in [-0.2, -0.15) is 13.2 Å². The molecule has 0 N–H and O–H groups in total. The second-order valence-corrected chi connectivity index (χ2v) is 6.58. The average Bonchev–Trinajstić information content (AvgIpc) is 2.34. The van der Waals surface area contributed by atoms with Crippen LogP contribution < -0.4 is 0 Å². The Bertz CT molecular complexity index is 476. The smallest absolute Gasteiger partial charge is 0.166 e. The molecule has 1 rings (SSSR count). The van der Waals surface area contributed by atoms with Crippen molar-refractivity contribution in [1.29, 1.82) is 0 Å². The number of aryl methyl sites for hydroxylation is 1. The van der Waals surface area contributed by atoms with Crippen molar-refractivity contribution < 1.29 is 13.2 Å². The molecule has 0 saturated heterocycles. The lowest BCUT2D eigenvalue weighted by Crippen LogP contribution is -2.08. The molecular weight excluding hydrogens is 273 g/mol. The Morgan fingerprint density at radius 1 is 1.05 bits per heavy atom. The van der Waals surface area contributed by atoms with Gasteiger partial charge in [0.2, 0.25) is 0 Å². The Balaban J connectivity index is 3.08. The maximum absolute atomic E-state index is 13.1. The number of allylic oxidation sites excluding steroid dienone is 1. The van der Waals surface area contributed by atoms with Gasteiger partial charge in [-0.25, -0.2) is 0 Å². The molecule has 0 nitrogen and oxygen atoms in total. The SMILES string of the molecule is CCCCCc1ccc(C(F)(F)F)c(/C=C/C(C)(C)C)c1. The fourth-order valence-electron chi connectivity index (χ4n) is 2.08. The van der Waals surface area contributed by atoms with Crippen LogP contribution >= 0.6 is 0 Å². The summed E-state index contributed by atoms with van der Waals surface area (Å²) in [5.41, 5.74) is 0.555. The molecule has 1 aromatic rings. The summed E-state index contributed by atoms with van der Waals surface area (Å²) >= 11 is 0. The Kier molecular flexibility index (Phi) is 6.06. The quantitative estimate of drug-likeness (QED) is 0.544. The minimum absolute atomic E-state index is 0.138. The molecule has 0 bridgehead atoms. The summed E-state index contributed by atoms with van der Waals surface area (Å²) in [5.74, 6) is 0. The van der Waals surface area contributed by atoms with Gasteiger partial charge in [0, 0.05) is 0 Å². The molecule has 118 valence electrons. The summed E-state index contributed by atoms with van der Waals surface area (Å²) < 4.78 is 39.2. The molecule has 0 atom stereocenters. The number of hydrogen-bond acceptors (Lipinski definition) is 0. The monoisotopic (exact) mass is 298 g/mol. The Morgan fingerprint density at radius 2 is 1.71 bits per heavy atom. The predicted molar refractivity (Wildman–Crippen MR) is 83.2 cm³/mol. The lowest BCUT2D eigenvalue weighted by Gasteiger charge is -2.15. The van der Waals surface area contributed by atoms with E-state index in [-0.39, 0.29) is 11.0 Å². The highest BCUT2D eigenvalue weighted by Crippen LogP contribution is 2.34. The van der Waals surface area contributed by atoms with Crippen LogP contribution in [0.4, 0.5) is 13.2 Å². The van der Waals surface area contributed by atoms with Gasteiger partial charge in [0.1, 0.15) is 0 Å². The first-order valence-corrected chi connectivity index (χ1v) is 7.53. The van der Waals surface area contributed by atoms with Crippen molar-refractivity contribution in [2.75, 3.05) is 0 Å². The molecule has 0 unspecified atom stereocenters. The van der Waals surface area contributed by atoms with Crippen LogP contribution in [0.2, 0.25) is 0 Å². The van der Waals surface area contributed by atoms with Crippen molar-refractivity contribution in [3.05, 3.63) is 41.0 Å². The van der Waals surface area contributed by atoms with Gasteiger partial charge in [0.25, 0.3) is 0 Å². The molecule has 0 aliphatic heterocycles. The molecular formula is C18H25F3. The first kappa shape index (κ1) is 17.8. The van der Waals surface area contributed by atoms with E-state index in [0.29, 0.717) is 0 Å². The molecule has 21 heavy (non-hydrogen) atoms. The zero-order valence-corrected chi connectivity index (χ0v) is 13.3. The summed E-state index contributed by atoms with van der Waals surface area (Å²) in [5, 5.41) is 0. The van der Waals surface area contributed by atoms with E-state index in [1.807, 2.05) is 26.8 Å². The summed E-state index contributed by atoms with van der Waals surface area (Å²) in [6, 6.07) is 4.50. The molecule has 0 fully saturated rings. The molecule has 3 heteroatoms. The van der Waals surface area contributed by atoms with Crippen LogP contribution in [0.25, 0.3) is 6.08 Å². The van der Waals surface area contributed by atoms with E-state index in [1.54, 1.807) is 18.2 Å².